The van der Waals surface area contributed by atoms with E-state index in [4.69, 9.17) is 11.6 Å². The number of benzene rings is 1. The maximum atomic E-state index is 12.7. The van der Waals surface area contributed by atoms with Gasteiger partial charge in [0.15, 0.2) is 5.65 Å². The Labute approximate surface area is 162 Å². The zero-order valence-electron chi connectivity index (χ0n) is 15.2. The SMILES string of the molecule is CCCCC(=O)NCCn1ncc2c(=O)n(Cc3cccc(Cl)c3)cnc21. The van der Waals surface area contributed by atoms with Crippen LogP contribution in [0.2, 0.25) is 5.02 Å². The lowest BCUT2D eigenvalue weighted by Gasteiger charge is -2.07. The molecule has 0 aliphatic carbocycles. The van der Waals surface area contributed by atoms with Crippen molar-refractivity contribution in [2.75, 3.05) is 6.54 Å². The van der Waals surface area contributed by atoms with Gasteiger partial charge in [0.1, 0.15) is 11.7 Å². The van der Waals surface area contributed by atoms with Gasteiger partial charge >= 0.3 is 0 Å². The van der Waals surface area contributed by atoms with E-state index in [-0.39, 0.29) is 11.5 Å². The number of rotatable bonds is 8. The monoisotopic (exact) mass is 387 g/mol. The predicted molar refractivity (Wildman–Crippen MR) is 105 cm³/mol. The van der Waals surface area contributed by atoms with E-state index >= 15 is 0 Å². The molecule has 0 bridgehead atoms. The maximum absolute atomic E-state index is 12.7. The van der Waals surface area contributed by atoms with Crippen molar-refractivity contribution in [3.8, 4) is 0 Å². The molecule has 0 spiro atoms. The Balaban J connectivity index is 1.71. The molecule has 0 atom stereocenters. The Kier molecular flexibility index (Phi) is 6.24. The quantitative estimate of drug-likeness (QED) is 0.644. The minimum absolute atomic E-state index is 0.0325. The fourth-order valence-electron chi connectivity index (χ4n) is 2.83. The topological polar surface area (TPSA) is 81.8 Å². The first kappa shape index (κ1) is 19.1. The van der Waals surface area contributed by atoms with Crippen LogP contribution in [0.1, 0.15) is 31.7 Å². The molecule has 142 valence electrons. The normalized spacial score (nSPS) is 11.0. The van der Waals surface area contributed by atoms with E-state index in [2.05, 4.69) is 15.4 Å². The van der Waals surface area contributed by atoms with Gasteiger partial charge in [0.05, 0.1) is 19.3 Å². The summed E-state index contributed by atoms with van der Waals surface area (Å²) < 4.78 is 3.17. The Hall–Kier alpha value is -2.67. The Morgan fingerprint density at radius 2 is 2.19 bits per heavy atom. The summed E-state index contributed by atoms with van der Waals surface area (Å²) in [5.41, 5.74) is 1.29. The molecule has 0 aliphatic heterocycles. The van der Waals surface area contributed by atoms with Crippen molar-refractivity contribution in [3.63, 3.8) is 0 Å². The highest BCUT2D eigenvalue weighted by Gasteiger charge is 2.11. The van der Waals surface area contributed by atoms with E-state index in [0.717, 1.165) is 18.4 Å². The number of carbonyl (C=O) groups excluding carboxylic acids is 1. The molecular formula is C19H22ClN5O2. The number of nitrogens with zero attached hydrogens (tertiary/aromatic N) is 4. The van der Waals surface area contributed by atoms with Crippen LogP contribution in [0, 0.1) is 0 Å². The second-order valence-electron chi connectivity index (χ2n) is 6.37. The molecule has 0 fully saturated rings. The predicted octanol–water partition coefficient (Wildman–Crippen LogP) is 2.60. The summed E-state index contributed by atoms with van der Waals surface area (Å²) in [5, 5.41) is 8.19. The summed E-state index contributed by atoms with van der Waals surface area (Å²) in [7, 11) is 0. The van der Waals surface area contributed by atoms with Gasteiger partial charge in [-0.2, -0.15) is 5.10 Å². The van der Waals surface area contributed by atoms with Gasteiger partial charge in [0.25, 0.3) is 5.56 Å². The average Bonchev–Trinajstić information content (AvgIpc) is 3.06. The Morgan fingerprint density at radius 1 is 1.33 bits per heavy atom. The van der Waals surface area contributed by atoms with E-state index in [0.29, 0.717) is 42.1 Å². The molecule has 3 rings (SSSR count). The molecule has 1 N–H and O–H groups in total. The molecule has 0 saturated heterocycles. The lowest BCUT2D eigenvalue weighted by molar-refractivity contribution is -0.121. The third-order valence-electron chi connectivity index (χ3n) is 4.27. The third kappa shape index (κ3) is 4.74. The first-order valence-corrected chi connectivity index (χ1v) is 9.38. The fourth-order valence-corrected chi connectivity index (χ4v) is 3.05. The highest BCUT2D eigenvalue weighted by molar-refractivity contribution is 6.30. The smallest absolute Gasteiger partial charge is 0.264 e. The van der Waals surface area contributed by atoms with E-state index in [1.54, 1.807) is 10.7 Å². The number of fused-ring (bicyclic) bond motifs is 1. The molecule has 2 heterocycles. The van der Waals surface area contributed by atoms with Gasteiger partial charge in [-0.25, -0.2) is 9.67 Å². The molecule has 8 heteroatoms. The summed E-state index contributed by atoms with van der Waals surface area (Å²) in [6, 6.07) is 7.37. The second-order valence-corrected chi connectivity index (χ2v) is 6.80. The fraction of sp³-hybridized carbons (Fsp3) is 0.368. The number of unbranched alkanes of at least 4 members (excludes halogenated alkanes) is 1. The standard InChI is InChI=1S/C19H22ClN5O2/c1-2-3-7-17(26)21-8-9-25-18-16(11-23-25)19(27)24(13-22-18)12-14-5-4-6-15(20)10-14/h4-6,10-11,13H,2-3,7-9,12H2,1H3,(H,21,26). The number of hydrogen-bond acceptors (Lipinski definition) is 4. The molecule has 7 nitrogen and oxygen atoms in total. The summed E-state index contributed by atoms with van der Waals surface area (Å²) >= 11 is 6.00. The lowest BCUT2D eigenvalue weighted by atomic mass is 10.2. The van der Waals surface area contributed by atoms with Crippen LogP contribution in [-0.2, 0) is 17.9 Å². The maximum Gasteiger partial charge on any atom is 0.264 e. The van der Waals surface area contributed by atoms with Crippen LogP contribution in [0.25, 0.3) is 11.0 Å². The van der Waals surface area contributed by atoms with Gasteiger partial charge in [-0.15, -0.1) is 0 Å². The van der Waals surface area contributed by atoms with Crippen molar-refractivity contribution in [2.45, 2.75) is 39.3 Å². The zero-order chi connectivity index (χ0) is 19.2. The number of nitrogens with one attached hydrogen (secondary N) is 1. The van der Waals surface area contributed by atoms with Crippen LogP contribution in [-0.4, -0.2) is 31.8 Å². The average molecular weight is 388 g/mol. The molecule has 1 aromatic carbocycles. The van der Waals surface area contributed by atoms with Crippen molar-refractivity contribution < 1.29 is 4.79 Å². The van der Waals surface area contributed by atoms with E-state index in [1.807, 2.05) is 25.1 Å². The van der Waals surface area contributed by atoms with E-state index in [9.17, 15) is 9.59 Å². The van der Waals surface area contributed by atoms with Crippen LogP contribution in [0.15, 0.2) is 41.6 Å². The van der Waals surface area contributed by atoms with Crippen molar-refractivity contribution in [1.29, 1.82) is 0 Å². The Bertz CT molecular complexity index is 995. The largest absolute Gasteiger partial charge is 0.354 e. The number of hydrogen-bond donors (Lipinski definition) is 1. The van der Waals surface area contributed by atoms with Gasteiger partial charge in [-0.1, -0.05) is 37.1 Å². The molecule has 0 saturated carbocycles. The molecule has 3 aromatic rings. The second kappa shape index (κ2) is 8.81. The van der Waals surface area contributed by atoms with Crippen LogP contribution in [0.4, 0.5) is 0 Å². The summed E-state index contributed by atoms with van der Waals surface area (Å²) in [4.78, 5) is 28.8. The molecule has 2 aromatic heterocycles. The Morgan fingerprint density at radius 3 is 2.96 bits per heavy atom. The summed E-state index contributed by atoms with van der Waals surface area (Å²) in [6.45, 7) is 3.35. The van der Waals surface area contributed by atoms with Crippen molar-refractivity contribution in [3.05, 3.63) is 57.7 Å². The number of amides is 1. The minimum atomic E-state index is -0.154. The molecule has 27 heavy (non-hydrogen) atoms. The van der Waals surface area contributed by atoms with Gasteiger partial charge in [-0.3, -0.25) is 14.2 Å². The minimum Gasteiger partial charge on any atom is -0.354 e. The van der Waals surface area contributed by atoms with Gasteiger partial charge in [0, 0.05) is 18.0 Å². The van der Waals surface area contributed by atoms with Gasteiger partial charge in [0.2, 0.25) is 5.91 Å². The van der Waals surface area contributed by atoms with Crippen LogP contribution in [0.5, 0.6) is 0 Å². The van der Waals surface area contributed by atoms with Gasteiger partial charge < -0.3 is 5.32 Å². The zero-order valence-corrected chi connectivity index (χ0v) is 15.9. The molecule has 1 amide bonds. The van der Waals surface area contributed by atoms with E-state index < -0.39 is 0 Å². The van der Waals surface area contributed by atoms with Crippen molar-refractivity contribution in [2.24, 2.45) is 0 Å². The lowest BCUT2D eigenvalue weighted by Crippen LogP contribution is -2.27. The summed E-state index contributed by atoms with van der Waals surface area (Å²) in [6.07, 6.45) is 5.44. The van der Waals surface area contributed by atoms with Crippen LogP contribution in [0.3, 0.4) is 0 Å². The molecule has 0 aliphatic rings. The summed E-state index contributed by atoms with van der Waals surface area (Å²) in [5.74, 6) is 0.0325. The van der Waals surface area contributed by atoms with Crippen molar-refractivity contribution in [1.82, 2.24) is 24.6 Å². The highest BCUT2D eigenvalue weighted by atomic mass is 35.5. The molecule has 0 unspecified atom stereocenters. The highest BCUT2D eigenvalue weighted by Crippen LogP contribution is 2.12. The van der Waals surface area contributed by atoms with Crippen LogP contribution < -0.4 is 10.9 Å². The molecular weight excluding hydrogens is 366 g/mol. The number of carbonyl (C=O) groups is 1. The number of halogens is 1. The number of aromatic nitrogens is 4. The van der Waals surface area contributed by atoms with Crippen LogP contribution >= 0.6 is 11.6 Å². The first-order valence-electron chi connectivity index (χ1n) is 9.00. The third-order valence-corrected chi connectivity index (χ3v) is 4.50. The molecule has 0 radical (unpaired) electrons. The van der Waals surface area contributed by atoms with E-state index in [1.165, 1.54) is 17.1 Å². The van der Waals surface area contributed by atoms with Gasteiger partial charge in [-0.05, 0) is 24.1 Å². The first-order chi connectivity index (χ1) is 13.1. The van der Waals surface area contributed by atoms with Crippen molar-refractivity contribution >= 4 is 28.5 Å².